The average molecular weight is 267 g/mol. The lowest BCUT2D eigenvalue weighted by molar-refractivity contribution is -0.118. The number of thiophene rings is 1. The molecule has 1 rings (SSSR count). The van der Waals surface area contributed by atoms with Gasteiger partial charge in [0.05, 0.1) is 6.54 Å². The van der Waals surface area contributed by atoms with Crippen LogP contribution < -0.4 is 5.32 Å². The van der Waals surface area contributed by atoms with Crippen LogP contribution in [0.5, 0.6) is 0 Å². The molecule has 1 aromatic rings. The highest BCUT2D eigenvalue weighted by Gasteiger charge is 2.24. The van der Waals surface area contributed by atoms with Crippen molar-refractivity contribution in [2.45, 2.75) is 39.7 Å². The van der Waals surface area contributed by atoms with Crippen LogP contribution in [0, 0.1) is 0 Å². The SMILES string of the molecule is CC/C(C)=C(/C)C(=O)NCC(C)(O)c1ccsc1. The Morgan fingerprint density at radius 3 is 2.67 bits per heavy atom. The van der Waals surface area contributed by atoms with Gasteiger partial charge in [-0.3, -0.25) is 4.79 Å². The van der Waals surface area contributed by atoms with E-state index >= 15 is 0 Å². The van der Waals surface area contributed by atoms with Gasteiger partial charge in [0.15, 0.2) is 0 Å². The van der Waals surface area contributed by atoms with Gasteiger partial charge in [-0.25, -0.2) is 0 Å². The third-order valence-corrected chi connectivity index (χ3v) is 3.93. The molecule has 0 radical (unpaired) electrons. The summed E-state index contributed by atoms with van der Waals surface area (Å²) in [6.07, 6.45) is 0.861. The highest BCUT2D eigenvalue weighted by atomic mass is 32.1. The van der Waals surface area contributed by atoms with Crippen LogP contribution in [-0.2, 0) is 10.4 Å². The molecule has 0 saturated carbocycles. The van der Waals surface area contributed by atoms with Gasteiger partial charge in [-0.1, -0.05) is 12.5 Å². The molecule has 0 fully saturated rings. The van der Waals surface area contributed by atoms with Crippen LogP contribution >= 0.6 is 11.3 Å². The van der Waals surface area contributed by atoms with Crippen molar-refractivity contribution >= 4 is 17.2 Å². The normalized spacial score (nSPS) is 15.8. The molecule has 18 heavy (non-hydrogen) atoms. The summed E-state index contributed by atoms with van der Waals surface area (Å²) in [5.74, 6) is -0.107. The number of allylic oxidation sites excluding steroid dienone is 1. The standard InChI is InChI=1S/C14H21NO2S/c1-5-10(2)11(3)13(16)15-9-14(4,17)12-6-7-18-8-12/h6-8,17H,5,9H2,1-4H3,(H,15,16)/b11-10-. The molecule has 1 heterocycles. The van der Waals surface area contributed by atoms with E-state index in [0.29, 0.717) is 0 Å². The number of carbonyl (C=O) groups excluding carboxylic acids is 1. The second-order valence-corrected chi connectivity index (χ2v) is 5.51. The summed E-state index contributed by atoms with van der Waals surface area (Å²) in [5.41, 5.74) is 1.62. The Labute approximate surface area is 113 Å². The summed E-state index contributed by atoms with van der Waals surface area (Å²) in [5, 5.41) is 16.9. The summed E-state index contributed by atoms with van der Waals surface area (Å²) in [4.78, 5) is 11.9. The molecule has 0 spiro atoms. The first-order chi connectivity index (χ1) is 8.38. The second-order valence-electron chi connectivity index (χ2n) is 4.73. The lowest BCUT2D eigenvalue weighted by Gasteiger charge is -2.23. The van der Waals surface area contributed by atoms with Crippen molar-refractivity contribution in [2.75, 3.05) is 6.54 Å². The van der Waals surface area contributed by atoms with Crippen LogP contribution in [0.2, 0.25) is 0 Å². The van der Waals surface area contributed by atoms with Gasteiger partial charge in [-0.2, -0.15) is 11.3 Å². The van der Waals surface area contributed by atoms with E-state index in [0.717, 1.165) is 23.1 Å². The number of nitrogens with one attached hydrogen (secondary N) is 1. The summed E-state index contributed by atoms with van der Waals surface area (Å²) >= 11 is 1.53. The van der Waals surface area contributed by atoms with E-state index < -0.39 is 5.60 Å². The fraction of sp³-hybridized carbons (Fsp3) is 0.500. The molecule has 1 aromatic heterocycles. The Balaban J connectivity index is 2.64. The van der Waals surface area contributed by atoms with E-state index in [2.05, 4.69) is 5.32 Å². The van der Waals surface area contributed by atoms with E-state index in [-0.39, 0.29) is 12.5 Å². The maximum absolute atomic E-state index is 11.9. The number of hydrogen-bond acceptors (Lipinski definition) is 3. The van der Waals surface area contributed by atoms with Crippen LogP contribution in [0.3, 0.4) is 0 Å². The molecule has 0 bridgehead atoms. The van der Waals surface area contributed by atoms with Crippen molar-refractivity contribution in [3.8, 4) is 0 Å². The van der Waals surface area contributed by atoms with Crippen LogP contribution in [0.4, 0.5) is 0 Å². The van der Waals surface area contributed by atoms with Gasteiger partial charge in [0, 0.05) is 5.57 Å². The Hall–Kier alpha value is -1.13. The van der Waals surface area contributed by atoms with Crippen LogP contribution in [0.25, 0.3) is 0 Å². The fourth-order valence-electron chi connectivity index (χ4n) is 1.52. The van der Waals surface area contributed by atoms with Crippen LogP contribution in [-0.4, -0.2) is 17.6 Å². The largest absolute Gasteiger partial charge is 0.384 e. The van der Waals surface area contributed by atoms with Crippen molar-refractivity contribution in [1.82, 2.24) is 5.32 Å². The topological polar surface area (TPSA) is 49.3 Å². The molecule has 0 aliphatic heterocycles. The Kier molecular flexibility index (Phi) is 5.11. The van der Waals surface area contributed by atoms with Gasteiger partial charge in [0.2, 0.25) is 5.91 Å². The van der Waals surface area contributed by atoms with E-state index in [1.807, 2.05) is 37.6 Å². The molecular weight excluding hydrogens is 246 g/mol. The lowest BCUT2D eigenvalue weighted by atomic mass is 9.99. The first-order valence-electron chi connectivity index (χ1n) is 6.08. The maximum atomic E-state index is 11.9. The van der Waals surface area contributed by atoms with Crippen molar-refractivity contribution in [1.29, 1.82) is 0 Å². The second kappa shape index (κ2) is 6.16. The van der Waals surface area contributed by atoms with Gasteiger partial charge in [0.1, 0.15) is 5.60 Å². The minimum Gasteiger partial charge on any atom is -0.384 e. The first kappa shape index (κ1) is 14.9. The van der Waals surface area contributed by atoms with E-state index in [4.69, 9.17) is 0 Å². The number of carbonyl (C=O) groups is 1. The molecule has 4 heteroatoms. The minimum absolute atomic E-state index is 0.107. The quantitative estimate of drug-likeness (QED) is 0.806. The number of rotatable bonds is 5. The lowest BCUT2D eigenvalue weighted by Crippen LogP contribution is -2.38. The fourth-order valence-corrected chi connectivity index (χ4v) is 2.30. The molecular formula is C14H21NO2S. The van der Waals surface area contributed by atoms with Crippen molar-refractivity contribution in [2.24, 2.45) is 0 Å². The summed E-state index contributed by atoms with van der Waals surface area (Å²) in [6, 6.07) is 1.87. The number of hydrogen-bond donors (Lipinski definition) is 2. The van der Waals surface area contributed by atoms with Gasteiger partial charge < -0.3 is 10.4 Å². The summed E-state index contributed by atoms with van der Waals surface area (Å²) < 4.78 is 0. The molecule has 0 aliphatic rings. The molecule has 1 atom stereocenters. The molecule has 0 aromatic carbocycles. The van der Waals surface area contributed by atoms with Crippen molar-refractivity contribution in [3.05, 3.63) is 33.5 Å². The van der Waals surface area contributed by atoms with Gasteiger partial charge in [0.25, 0.3) is 0 Å². The van der Waals surface area contributed by atoms with Crippen LogP contribution in [0.15, 0.2) is 28.0 Å². The van der Waals surface area contributed by atoms with E-state index in [1.54, 1.807) is 6.92 Å². The van der Waals surface area contributed by atoms with E-state index in [9.17, 15) is 9.90 Å². The molecule has 3 nitrogen and oxygen atoms in total. The Morgan fingerprint density at radius 1 is 1.50 bits per heavy atom. The summed E-state index contributed by atoms with van der Waals surface area (Å²) in [6.45, 7) is 7.71. The first-order valence-corrected chi connectivity index (χ1v) is 7.02. The highest BCUT2D eigenvalue weighted by Crippen LogP contribution is 2.22. The molecule has 100 valence electrons. The molecule has 1 amide bonds. The monoisotopic (exact) mass is 267 g/mol. The zero-order chi connectivity index (χ0) is 13.8. The predicted molar refractivity (Wildman–Crippen MR) is 75.6 cm³/mol. The van der Waals surface area contributed by atoms with Crippen molar-refractivity contribution in [3.63, 3.8) is 0 Å². The molecule has 1 unspecified atom stereocenters. The Bertz CT molecular complexity index is 433. The molecule has 2 N–H and O–H groups in total. The maximum Gasteiger partial charge on any atom is 0.246 e. The molecule has 0 aliphatic carbocycles. The van der Waals surface area contributed by atoms with E-state index in [1.165, 1.54) is 11.3 Å². The van der Waals surface area contributed by atoms with Gasteiger partial charge in [-0.15, -0.1) is 0 Å². The third-order valence-electron chi connectivity index (χ3n) is 3.25. The number of amides is 1. The smallest absolute Gasteiger partial charge is 0.246 e. The highest BCUT2D eigenvalue weighted by molar-refractivity contribution is 7.08. The predicted octanol–water partition coefficient (Wildman–Crippen LogP) is 2.82. The summed E-state index contributed by atoms with van der Waals surface area (Å²) in [7, 11) is 0. The van der Waals surface area contributed by atoms with Gasteiger partial charge >= 0.3 is 0 Å². The molecule has 0 saturated heterocycles. The minimum atomic E-state index is -1.02. The zero-order valence-corrected chi connectivity index (χ0v) is 12.2. The zero-order valence-electron chi connectivity index (χ0n) is 11.4. The Morgan fingerprint density at radius 2 is 2.17 bits per heavy atom. The third kappa shape index (κ3) is 3.68. The van der Waals surface area contributed by atoms with Gasteiger partial charge in [-0.05, 0) is 49.6 Å². The number of aliphatic hydroxyl groups is 1. The van der Waals surface area contributed by atoms with Crippen molar-refractivity contribution < 1.29 is 9.90 Å². The average Bonchev–Trinajstić information content (AvgIpc) is 2.88. The van der Waals surface area contributed by atoms with Crippen LogP contribution in [0.1, 0.15) is 39.7 Å².